The van der Waals surface area contributed by atoms with E-state index in [-0.39, 0.29) is 17.5 Å². The molecule has 30 heavy (non-hydrogen) atoms. The van der Waals surface area contributed by atoms with Crippen LogP contribution < -0.4 is 14.8 Å². The first-order valence-electron chi connectivity index (χ1n) is 9.69. The number of hydrogen-bond donors (Lipinski definition) is 1. The summed E-state index contributed by atoms with van der Waals surface area (Å²) in [6.45, 7) is 2.54. The van der Waals surface area contributed by atoms with Crippen LogP contribution in [0.4, 0.5) is 8.78 Å². The molecule has 1 N–H and O–H groups in total. The van der Waals surface area contributed by atoms with Crippen LogP contribution in [0.25, 0.3) is 0 Å². The van der Waals surface area contributed by atoms with Crippen molar-refractivity contribution in [2.24, 2.45) is 0 Å². The molecule has 0 saturated carbocycles. The lowest BCUT2D eigenvalue weighted by Crippen LogP contribution is -2.37. The Labute approximate surface area is 174 Å². The predicted octanol–water partition coefficient (Wildman–Crippen LogP) is 5.02. The first-order valence-corrected chi connectivity index (χ1v) is 9.69. The first-order chi connectivity index (χ1) is 14.5. The molecule has 3 aromatic carbocycles. The van der Waals surface area contributed by atoms with Crippen molar-refractivity contribution >= 4 is 5.91 Å². The summed E-state index contributed by atoms with van der Waals surface area (Å²) in [4.78, 5) is 12.4. The van der Waals surface area contributed by atoms with E-state index in [9.17, 15) is 13.6 Å². The van der Waals surface area contributed by atoms with Crippen molar-refractivity contribution in [3.8, 4) is 11.5 Å². The summed E-state index contributed by atoms with van der Waals surface area (Å²) in [6, 6.07) is 19.1. The molecule has 0 unspecified atom stereocenters. The third kappa shape index (κ3) is 6.30. The maximum atomic E-state index is 13.0. The number of carbonyl (C=O) groups excluding carboxylic acids is 1. The molecular weight excluding hydrogens is 388 g/mol. The van der Waals surface area contributed by atoms with E-state index in [2.05, 4.69) is 5.32 Å². The number of carbonyl (C=O) groups is 1. The molecule has 0 bridgehead atoms. The lowest BCUT2D eigenvalue weighted by atomic mass is 10.2. The van der Waals surface area contributed by atoms with E-state index in [4.69, 9.17) is 9.47 Å². The molecule has 6 heteroatoms. The van der Waals surface area contributed by atoms with Gasteiger partial charge in [0, 0.05) is 6.54 Å². The van der Waals surface area contributed by atoms with Crippen LogP contribution in [0.2, 0.25) is 0 Å². The third-order valence-electron chi connectivity index (χ3n) is 4.46. The van der Waals surface area contributed by atoms with Gasteiger partial charge >= 0.3 is 0 Å². The number of amides is 1. The summed E-state index contributed by atoms with van der Waals surface area (Å²) < 4.78 is 37.3. The van der Waals surface area contributed by atoms with Gasteiger partial charge in [0.05, 0.1) is 0 Å². The fourth-order valence-electron chi connectivity index (χ4n) is 2.75. The SMILES string of the molecule is CC[C@@H](Oc1ccc(F)cc1)C(=O)NCc1ccc(OCc2ccc(F)cc2)cc1. The average molecular weight is 411 g/mol. The molecule has 1 amide bonds. The summed E-state index contributed by atoms with van der Waals surface area (Å²) in [5, 5.41) is 2.85. The number of hydrogen-bond acceptors (Lipinski definition) is 3. The lowest BCUT2D eigenvalue weighted by molar-refractivity contribution is -0.128. The molecule has 0 aliphatic heterocycles. The molecule has 0 fully saturated rings. The Hall–Kier alpha value is -3.41. The minimum absolute atomic E-state index is 0.238. The van der Waals surface area contributed by atoms with Crippen LogP contribution in [0.15, 0.2) is 72.8 Å². The quantitative estimate of drug-likeness (QED) is 0.538. The fourth-order valence-corrected chi connectivity index (χ4v) is 2.75. The van der Waals surface area contributed by atoms with E-state index in [1.807, 2.05) is 31.2 Å². The van der Waals surface area contributed by atoms with Gasteiger partial charge in [-0.25, -0.2) is 8.78 Å². The highest BCUT2D eigenvalue weighted by atomic mass is 19.1. The predicted molar refractivity (Wildman–Crippen MR) is 110 cm³/mol. The Bertz CT molecular complexity index is 942. The van der Waals surface area contributed by atoms with E-state index in [0.717, 1.165) is 11.1 Å². The number of ether oxygens (including phenoxy) is 2. The Morgan fingerprint density at radius 1 is 0.833 bits per heavy atom. The summed E-state index contributed by atoms with van der Waals surface area (Å²) in [7, 11) is 0. The Morgan fingerprint density at radius 3 is 1.97 bits per heavy atom. The van der Waals surface area contributed by atoms with E-state index in [1.54, 1.807) is 12.1 Å². The van der Waals surface area contributed by atoms with E-state index in [0.29, 0.717) is 31.1 Å². The molecule has 0 radical (unpaired) electrons. The maximum absolute atomic E-state index is 13.0. The Balaban J connectivity index is 1.47. The number of benzene rings is 3. The van der Waals surface area contributed by atoms with Crippen LogP contribution >= 0.6 is 0 Å². The molecule has 0 aliphatic carbocycles. The molecule has 156 valence electrons. The van der Waals surface area contributed by atoms with Crippen LogP contribution in [0, 0.1) is 11.6 Å². The Morgan fingerprint density at radius 2 is 1.37 bits per heavy atom. The minimum Gasteiger partial charge on any atom is -0.489 e. The summed E-state index contributed by atoms with van der Waals surface area (Å²) in [5.74, 6) is 0.253. The smallest absolute Gasteiger partial charge is 0.261 e. The molecular formula is C24H23F2NO3. The normalized spacial score (nSPS) is 11.6. The van der Waals surface area contributed by atoms with Gasteiger partial charge in [-0.1, -0.05) is 31.2 Å². The van der Waals surface area contributed by atoms with Crippen LogP contribution in [0.3, 0.4) is 0 Å². The lowest BCUT2D eigenvalue weighted by Gasteiger charge is -2.17. The second-order valence-corrected chi connectivity index (χ2v) is 6.75. The fraction of sp³-hybridized carbons (Fsp3) is 0.208. The van der Waals surface area contributed by atoms with Crippen molar-refractivity contribution in [2.45, 2.75) is 32.6 Å². The van der Waals surface area contributed by atoms with Gasteiger partial charge in [0.25, 0.3) is 5.91 Å². The van der Waals surface area contributed by atoms with Crippen LogP contribution in [0.1, 0.15) is 24.5 Å². The second-order valence-electron chi connectivity index (χ2n) is 6.75. The summed E-state index contributed by atoms with van der Waals surface area (Å²) in [6.07, 6.45) is -0.173. The highest BCUT2D eigenvalue weighted by Gasteiger charge is 2.18. The number of rotatable bonds is 9. The molecule has 0 saturated heterocycles. The van der Waals surface area contributed by atoms with Crippen LogP contribution in [-0.4, -0.2) is 12.0 Å². The van der Waals surface area contributed by atoms with Crippen molar-refractivity contribution in [3.63, 3.8) is 0 Å². The standard InChI is InChI=1S/C24H23F2NO3/c1-2-23(30-22-13-9-20(26)10-14-22)24(28)27-15-17-5-11-21(12-6-17)29-16-18-3-7-19(25)8-4-18/h3-14,23H,2,15-16H2,1H3,(H,27,28)/t23-/m1/s1. The molecule has 3 rings (SSSR count). The molecule has 0 aliphatic rings. The average Bonchev–Trinajstić information content (AvgIpc) is 2.77. The third-order valence-corrected chi connectivity index (χ3v) is 4.46. The van der Waals surface area contributed by atoms with Crippen molar-refractivity contribution in [1.29, 1.82) is 0 Å². The minimum atomic E-state index is -0.659. The molecule has 1 atom stereocenters. The summed E-state index contributed by atoms with van der Waals surface area (Å²) in [5.41, 5.74) is 1.79. The van der Waals surface area contributed by atoms with Gasteiger partial charge in [0.15, 0.2) is 6.10 Å². The zero-order chi connectivity index (χ0) is 21.3. The largest absolute Gasteiger partial charge is 0.489 e. The molecule has 0 heterocycles. The molecule has 4 nitrogen and oxygen atoms in total. The van der Waals surface area contributed by atoms with Gasteiger partial charge in [-0.2, -0.15) is 0 Å². The van der Waals surface area contributed by atoms with Crippen LogP contribution in [0.5, 0.6) is 11.5 Å². The summed E-state index contributed by atoms with van der Waals surface area (Å²) >= 11 is 0. The zero-order valence-corrected chi connectivity index (χ0v) is 16.6. The highest BCUT2D eigenvalue weighted by molar-refractivity contribution is 5.81. The number of nitrogens with one attached hydrogen (secondary N) is 1. The maximum Gasteiger partial charge on any atom is 0.261 e. The zero-order valence-electron chi connectivity index (χ0n) is 16.6. The van der Waals surface area contributed by atoms with Gasteiger partial charge in [0.2, 0.25) is 0 Å². The van der Waals surface area contributed by atoms with E-state index < -0.39 is 6.10 Å². The second kappa shape index (κ2) is 10.4. The van der Waals surface area contributed by atoms with E-state index in [1.165, 1.54) is 36.4 Å². The van der Waals surface area contributed by atoms with Crippen molar-refractivity contribution in [3.05, 3.63) is 95.6 Å². The van der Waals surface area contributed by atoms with Gasteiger partial charge in [-0.3, -0.25) is 4.79 Å². The van der Waals surface area contributed by atoms with E-state index >= 15 is 0 Å². The van der Waals surface area contributed by atoms with Crippen molar-refractivity contribution < 1.29 is 23.0 Å². The first kappa shape index (κ1) is 21.3. The van der Waals surface area contributed by atoms with Gasteiger partial charge < -0.3 is 14.8 Å². The highest BCUT2D eigenvalue weighted by Crippen LogP contribution is 2.16. The molecule has 0 spiro atoms. The van der Waals surface area contributed by atoms with Gasteiger partial charge in [-0.05, 0) is 66.1 Å². The Kier molecular flexibility index (Phi) is 7.38. The molecule has 3 aromatic rings. The number of halogens is 2. The van der Waals surface area contributed by atoms with Gasteiger partial charge in [-0.15, -0.1) is 0 Å². The van der Waals surface area contributed by atoms with Gasteiger partial charge in [0.1, 0.15) is 29.7 Å². The van der Waals surface area contributed by atoms with Crippen molar-refractivity contribution in [1.82, 2.24) is 5.32 Å². The van der Waals surface area contributed by atoms with Crippen molar-refractivity contribution in [2.75, 3.05) is 0 Å². The van der Waals surface area contributed by atoms with Crippen LogP contribution in [-0.2, 0) is 17.9 Å². The monoisotopic (exact) mass is 411 g/mol. The molecule has 0 aromatic heterocycles. The topological polar surface area (TPSA) is 47.6 Å².